The maximum atomic E-state index is 12.3. The summed E-state index contributed by atoms with van der Waals surface area (Å²) in [6.45, 7) is 12.6. The van der Waals surface area contributed by atoms with E-state index in [9.17, 15) is 4.79 Å². The summed E-state index contributed by atoms with van der Waals surface area (Å²) in [4.78, 5) is 14.6. The SMILES string of the molecule is CCCCCCC(C)C(=O)NC[C@H]1CN(CC#CC(C)CCCC)CCO1. The van der Waals surface area contributed by atoms with Crippen molar-refractivity contribution in [2.24, 2.45) is 11.8 Å². The fraction of sp³-hybridized carbons (Fsp3) is 0.870. The van der Waals surface area contributed by atoms with E-state index in [2.05, 4.69) is 42.8 Å². The van der Waals surface area contributed by atoms with Crippen LogP contribution in [0.5, 0.6) is 0 Å². The number of hydrogen-bond donors (Lipinski definition) is 1. The molecule has 1 rings (SSSR count). The second-order valence-corrected chi connectivity index (χ2v) is 8.09. The smallest absolute Gasteiger partial charge is 0.222 e. The molecule has 1 aliphatic rings. The molecule has 0 aromatic heterocycles. The number of morpholine rings is 1. The largest absolute Gasteiger partial charge is 0.374 e. The molecule has 1 heterocycles. The Bertz CT molecular complexity index is 455. The standard InChI is InChI=1S/C23H42N2O2/c1-5-7-9-10-14-21(4)23(26)24-18-22-19-25(16-17-27-22)15-11-13-20(3)12-8-6-2/h20-22H,5-10,12,14-19H2,1-4H3,(H,24,26)/t20?,21?,22-/m0/s1. The van der Waals surface area contributed by atoms with Gasteiger partial charge in [-0.25, -0.2) is 0 Å². The van der Waals surface area contributed by atoms with Crippen molar-refractivity contribution in [3.05, 3.63) is 0 Å². The minimum atomic E-state index is 0.0781. The molecule has 27 heavy (non-hydrogen) atoms. The van der Waals surface area contributed by atoms with Crippen LogP contribution in [0.4, 0.5) is 0 Å². The first-order chi connectivity index (χ1) is 13.1. The van der Waals surface area contributed by atoms with E-state index in [0.717, 1.165) is 39.1 Å². The van der Waals surface area contributed by atoms with Gasteiger partial charge in [0.15, 0.2) is 0 Å². The molecule has 0 saturated carbocycles. The van der Waals surface area contributed by atoms with Gasteiger partial charge in [0.25, 0.3) is 0 Å². The molecule has 0 bridgehead atoms. The molecule has 0 aromatic carbocycles. The summed E-state index contributed by atoms with van der Waals surface area (Å²) in [7, 11) is 0. The fourth-order valence-corrected chi connectivity index (χ4v) is 3.36. The average Bonchev–Trinajstić information content (AvgIpc) is 2.68. The molecule has 0 aromatic rings. The molecule has 3 atom stereocenters. The Morgan fingerprint density at radius 3 is 2.67 bits per heavy atom. The van der Waals surface area contributed by atoms with Gasteiger partial charge in [0, 0.05) is 31.5 Å². The Morgan fingerprint density at radius 1 is 1.15 bits per heavy atom. The van der Waals surface area contributed by atoms with E-state index in [1.807, 2.05) is 6.92 Å². The minimum Gasteiger partial charge on any atom is -0.374 e. The fourth-order valence-electron chi connectivity index (χ4n) is 3.36. The lowest BCUT2D eigenvalue weighted by atomic mass is 10.0. The van der Waals surface area contributed by atoms with Gasteiger partial charge in [0.1, 0.15) is 0 Å². The van der Waals surface area contributed by atoms with Gasteiger partial charge in [-0.15, -0.1) is 0 Å². The molecular weight excluding hydrogens is 336 g/mol. The quantitative estimate of drug-likeness (QED) is 0.408. The number of nitrogens with one attached hydrogen (secondary N) is 1. The topological polar surface area (TPSA) is 41.6 Å². The van der Waals surface area contributed by atoms with E-state index < -0.39 is 0 Å². The van der Waals surface area contributed by atoms with Gasteiger partial charge in [0.2, 0.25) is 5.91 Å². The van der Waals surface area contributed by atoms with Crippen molar-refractivity contribution < 1.29 is 9.53 Å². The van der Waals surface area contributed by atoms with Gasteiger partial charge >= 0.3 is 0 Å². The predicted octanol–water partition coefficient (Wildman–Crippen LogP) is 4.24. The van der Waals surface area contributed by atoms with Crippen LogP contribution in [0.25, 0.3) is 0 Å². The average molecular weight is 379 g/mol. The highest BCUT2D eigenvalue weighted by molar-refractivity contribution is 5.78. The summed E-state index contributed by atoms with van der Waals surface area (Å²) in [5, 5.41) is 3.08. The molecular formula is C23H42N2O2. The van der Waals surface area contributed by atoms with Crippen LogP contribution in [-0.2, 0) is 9.53 Å². The number of nitrogens with zero attached hydrogens (tertiary/aromatic N) is 1. The van der Waals surface area contributed by atoms with Crippen molar-refractivity contribution in [3.8, 4) is 11.8 Å². The van der Waals surface area contributed by atoms with E-state index in [4.69, 9.17) is 4.74 Å². The third-order valence-electron chi connectivity index (χ3n) is 5.31. The molecule has 1 fully saturated rings. The molecule has 1 saturated heterocycles. The maximum absolute atomic E-state index is 12.3. The van der Waals surface area contributed by atoms with Gasteiger partial charge in [-0.05, 0) is 12.8 Å². The van der Waals surface area contributed by atoms with Crippen LogP contribution in [0.1, 0.15) is 79.1 Å². The number of carbonyl (C=O) groups is 1. The van der Waals surface area contributed by atoms with Crippen molar-refractivity contribution >= 4 is 5.91 Å². The number of carbonyl (C=O) groups excluding carboxylic acids is 1. The van der Waals surface area contributed by atoms with Crippen LogP contribution in [0.15, 0.2) is 0 Å². The summed E-state index contributed by atoms with van der Waals surface area (Å²) in [6, 6.07) is 0. The van der Waals surface area contributed by atoms with Gasteiger partial charge < -0.3 is 10.1 Å². The summed E-state index contributed by atoms with van der Waals surface area (Å²) < 4.78 is 5.83. The van der Waals surface area contributed by atoms with Crippen LogP contribution < -0.4 is 5.32 Å². The van der Waals surface area contributed by atoms with Crippen LogP contribution in [0, 0.1) is 23.7 Å². The van der Waals surface area contributed by atoms with Crippen molar-refractivity contribution in [1.82, 2.24) is 10.2 Å². The second kappa shape index (κ2) is 14.9. The molecule has 156 valence electrons. The van der Waals surface area contributed by atoms with Crippen molar-refractivity contribution in [1.29, 1.82) is 0 Å². The molecule has 0 radical (unpaired) electrons. The highest BCUT2D eigenvalue weighted by Gasteiger charge is 2.21. The summed E-state index contributed by atoms with van der Waals surface area (Å²) in [5.74, 6) is 7.45. The zero-order chi connectivity index (χ0) is 19.9. The second-order valence-electron chi connectivity index (χ2n) is 8.09. The third kappa shape index (κ3) is 11.4. The van der Waals surface area contributed by atoms with Crippen LogP contribution >= 0.6 is 0 Å². The Hall–Kier alpha value is -1.05. The Labute approximate surface area is 167 Å². The number of hydrogen-bond acceptors (Lipinski definition) is 3. The van der Waals surface area contributed by atoms with Crippen molar-refractivity contribution in [2.45, 2.75) is 85.2 Å². The van der Waals surface area contributed by atoms with Crippen LogP contribution in [0.3, 0.4) is 0 Å². The first kappa shape index (κ1) is 24.0. The van der Waals surface area contributed by atoms with E-state index in [1.54, 1.807) is 0 Å². The summed E-state index contributed by atoms with van der Waals surface area (Å²) >= 11 is 0. The zero-order valence-corrected chi connectivity index (χ0v) is 18.2. The van der Waals surface area contributed by atoms with E-state index in [-0.39, 0.29) is 17.9 Å². The maximum Gasteiger partial charge on any atom is 0.222 e. The van der Waals surface area contributed by atoms with Crippen LogP contribution in [0.2, 0.25) is 0 Å². The molecule has 0 aliphatic carbocycles. The lowest BCUT2D eigenvalue weighted by molar-refractivity contribution is -0.125. The highest BCUT2D eigenvalue weighted by atomic mass is 16.5. The van der Waals surface area contributed by atoms with Crippen molar-refractivity contribution in [3.63, 3.8) is 0 Å². The Kier molecular flexibility index (Phi) is 13.3. The third-order valence-corrected chi connectivity index (χ3v) is 5.31. The predicted molar refractivity (Wildman–Crippen MR) is 114 cm³/mol. The van der Waals surface area contributed by atoms with E-state index >= 15 is 0 Å². The molecule has 2 unspecified atom stereocenters. The summed E-state index contributed by atoms with van der Waals surface area (Å²) in [6.07, 6.45) is 9.62. The lowest BCUT2D eigenvalue weighted by Crippen LogP contribution is -2.48. The molecule has 1 N–H and O–H groups in total. The lowest BCUT2D eigenvalue weighted by Gasteiger charge is -2.32. The normalized spacial score (nSPS) is 19.8. The number of ether oxygens (including phenoxy) is 1. The number of rotatable bonds is 12. The monoisotopic (exact) mass is 378 g/mol. The first-order valence-corrected chi connectivity index (χ1v) is 11.2. The Morgan fingerprint density at radius 2 is 1.93 bits per heavy atom. The zero-order valence-electron chi connectivity index (χ0n) is 18.2. The van der Waals surface area contributed by atoms with Gasteiger partial charge in [0.05, 0.1) is 19.3 Å². The highest BCUT2D eigenvalue weighted by Crippen LogP contribution is 2.11. The molecule has 4 heteroatoms. The molecule has 1 amide bonds. The van der Waals surface area contributed by atoms with Crippen LogP contribution in [-0.4, -0.2) is 49.7 Å². The Balaban J connectivity index is 2.24. The molecule has 4 nitrogen and oxygen atoms in total. The minimum absolute atomic E-state index is 0.0781. The number of unbranched alkanes of at least 4 members (excludes halogenated alkanes) is 4. The van der Waals surface area contributed by atoms with Gasteiger partial charge in [-0.3, -0.25) is 9.69 Å². The van der Waals surface area contributed by atoms with Gasteiger partial charge in [-0.1, -0.05) is 78.1 Å². The van der Waals surface area contributed by atoms with Crippen molar-refractivity contribution in [2.75, 3.05) is 32.8 Å². The van der Waals surface area contributed by atoms with E-state index in [1.165, 1.54) is 38.5 Å². The summed E-state index contributed by atoms with van der Waals surface area (Å²) in [5.41, 5.74) is 0. The van der Waals surface area contributed by atoms with E-state index in [0.29, 0.717) is 12.5 Å². The van der Waals surface area contributed by atoms with Gasteiger partial charge in [-0.2, -0.15) is 0 Å². The first-order valence-electron chi connectivity index (χ1n) is 11.2. The number of amides is 1. The molecule has 0 spiro atoms. The molecule has 1 aliphatic heterocycles.